The van der Waals surface area contributed by atoms with Crippen LogP contribution < -0.4 is 4.74 Å². The second kappa shape index (κ2) is 16.0. The number of benzene rings is 1. The predicted molar refractivity (Wildman–Crippen MR) is 134 cm³/mol. The Morgan fingerprint density at radius 2 is 1.70 bits per heavy atom. The van der Waals surface area contributed by atoms with Gasteiger partial charge in [0.25, 0.3) is 0 Å². The first-order valence-electron chi connectivity index (χ1n) is 12.5. The van der Waals surface area contributed by atoms with Gasteiger partial charge < -0.3 is 9.47 Å². The van der Waals surface area contributed by atoms with Crippen molar-refractivity contribution in [2.45, 2.75) is 90.6 Å². The smallest absolute Gasteiger partial charge is 0.305 e. The number of esters is 1. The van der Waals surface area contributed by atoms with Crippen molar-refractivity contribution in [3.63, 3.8) is 0 Å². The van der Waals surface area contributed by atoms with Crippen molar-refractivity contribution in [1.29, 1.82) is 0 Å². The van der Waals surface area contributed by atoms with Crippen LogP contribution in [0.4, 0.5) is 0 Å². The van der Waals surface area contributed by atoms with Gasteiger partial charge in [-0.25, -0.2) is 9.97 Å². The number of hydrogen-bond donors (Lipinski definition) is 0. The third-order valence-electron chi connectivity index (χ3n) is 5.61. The van der Waals surface area contributed by atoms with Crippen LogP contribution >= 0.6 is 0 Å². The summed E-state index contributed by atoms with van der Waals surface area (Å²) in [5, 5.41) is 0. The molecule has 5 heteroatoms. The van der Waals surface area contributed by atoms with Crippen molar-refractivity contribution in [2.75, 3.05) is 6.61 Å². The Labute approximate surface area is 199 Å². The molecule has 0 spiro atoms. The molecule has 1 unspecified atom stereocenters. The normalized spacial score (nSPS) is 11.7. The molecule has 0 aliphatic rings. The van der Waals surface area contributed by atoms with Crippen LogP contribution in [0.2, 0.25) is 0 Å². The monoisotopic (exact) mass is 452 g/mol. The van der Waals surface area contributed by atoms with E-state index in [2.05, 4.69) is 40.8 Å². The van der Waals surface area contributed by atoms with Gasteiger partial charge in [-0.2, -0.15) is 0 Å². The first kappa shape index (κ1) is 26.6. The number of aromatic nitrogens is 2. The fourth-order valence-electron chi connectivity index (χ4n) is 3.60. The van der Waals surface area contributed by atoms with Crippen LogP contribution in [0.5, 0.6) is 5.75 Å². The van der Waals surface area contributed by atoms with E-state index in [1.54, 1.807) is 12.4 Å². The van der Waals surface area contributed by atoms with Crippen LogP contribution in [0.25, 0.3) is 11.4 Å². The molecule has 0 amide bonds. The molecule has 0 fully saturated rings. The van der Waals surface area contributed by atoms with Gasteiger partial charge in [-0.05, 0) is 57.4 Å². The lowest BCUT2D eigenvalue weighted by atomic mass is 10.0. The maximum atomic E-state index is 11.3. The third-order valence-corrected chi connectivity index (χ3v) is 5.61. The predicted octanol–water partition coefficient (Wildman–Crippen LogP) is 7.10. The summed E-state index contributed by atoms with van der Waals surface area (Å²) in [7, 11) is 0. The molecule has 0 N–H and O–H groups in total. The van der Waals surface area contributed by atoms with Crippen LogP contribution in [-0.2, 0) is 16.0 Å². The summed E-state index contributed by atoms with van der Waals surface area (Å²) in [5.41, 5.74) is 2.33. The summed E-state index contributed by atoms with van der Waals surface area (Å²) < 4.78 is 11.1. The lowest BCUT2D eigenvalue weighted by Crippen LogP contribution is -2.13. The number of carbonyl (C=O) groups excluding carboxylic acids is 1. The summed E-state index contributed by atoms with van der Waals surface area (Å²) in [6, 6.07) is 8.48. The standard InChI is InChI=1S/C28H40N2O3/c1-4-6-7-8-9-13-20-32-26-21-29-28(30-22-26)25-18-16-24(17-19-25)15-12-10-11-14-23(3)33-27(31)5-2/h4,16-19,21-23H,1,5-15,20H2,2-3H3. The number of unbranched alkanes of at least 4 members (excludes halogenated alkanes) is 6. The lowest BCUT2D eigenvalue weighted by Gasteiger charge is -2.12. The number of ether oxygens (including phenoxy) is 2. The molecular formula is C28H40N2O3. The molecule has 0 saturated carbocycles. The van der Waals surface area contributed by atoms with Crippen molar-refractivity contribution in [2.24, 2.45) is 0 Å². The largest absolute Gasteiger partial charge is 0.490 e. The summed E-state index contributed by atoms with van der Waals surface area (Å²) in [4.78, 5) is 20.2. The number of aryl methyl sites for hydroxylation is 1. The Hall–Kier alpha value is -2.69. The highest BCUT2D eigenvalue weighted by Gasteiger charge is 2.07. The molecule has 2 aromatic rings. The average molecular weight is 453 g/mol. The second-order valence-electron chi connectivity index (χ2n) is 8.53. The zero-order valence-corrected chi connectivity index (χ0v) is 20.4. The molecule has 1 atom stereocenters. The van der Waals surface area contributed by atoms with Gasteiger partial charge in [0.1, 0.15) is 0 Å². The summed E-state index contributed by atoms with van der Waals surface area (Å²) in [6.07, 6.45) is 17.0. The molecule has 5 nitrogen and oxygen atoms in total. The van der Waals surface area contributed by atoms with Crippen LogP contribution in [0, 0.1) is 0 Å². The van der Waals surface area contributed by atoms with E-state index >= 15 is 0 Å². The van der Waals surface area contributed by atoms with E-state index in [0.29, 0.717) is 18.9 Å². The van der Waals surface area contributed by atoms with Gasteiger partial charge in [0, 0.05) is 12.0 Å². The molecule has 1 aromatic carbocycles. The Kier molecular flexibility index (Phi) is 12.9. The Morgan fingerprint density at radius 3 is 2.39 bits per heavy atom. The Morgan fingerprint density at radius 1 is 1.00 bits per heavy atom. The van der Waals surface area contributed by atoms with Crippen molar-refractivity contribution in [3.05, 3.63) is 54.9 Å². The van der Waals surface area contributed by atoms with Gasteiger partial charge in [-0.3, -0.25) is 4.79 Å². The van der Waals surface area contributed by atoms with Crippen LogP contribution in [0.1, 0.15) is 83.6 Å². The third kappa shape index (κ3) is 11.1. The Bertz CT molecular complexity index is 803. The van der Waals surface area contributed by atoms with Gasteiger partial charge in [-0.1, -0.05) is 56.5 Å². The van der Waals surface area contributed by atoms with Crippen LogP contribution in [0.15, 0.2) is 49.3 Å². The van der Waals surface area contributed by atoms with Crippen molar-refractivity contribution >= 4 is 5.97 Å². The highest BCUT2D eigenvalue weighted by molar-refractivity contribution is 5.69. The van der Waals surface area contributed by atoms with E-state index in [-0.39, 0.29) is 12.1 Å². The molecule has 0 saturated heterocycles. The van der Waals surface area contributed by atoms with Crippen molar-refractivity contribution < 1.29 is 14.3 Å². The SMILES string of the molecule is C=CCCCCCCOc1cnc(-c2ccc(CCCCCC(C)OC(=O)CC)cc2)nc1. The molecular weight excluding hydrogens is 412 g/mol. The molecule has 33 heavy (non-hydrogen) atoms. The van der Waals surface area contributed by atoms with Gasteiger partial charge in [0.15, 0.2) is 11.6 Å². The molecule has 1 aromatic heterocycles. The van der Waals surface area contributed by atoms with E-state index in [1.165, 1.54) is 24.8 Å². The topological polar surface area (TPSA) is 61.3 Å². The number of allylic oxidation sites excluding steroid dienone is 1. The zero-order chi connectivity index (χ0) is 23.7. The van der Waals surface area contributed by atoms with E-state index in [0.717, 1.165) is 56.3 Å². The van der Waals surface area contributed by atoms with Gasteiger partial charge in [0.05, 0.1) is 25.1 Å². The fraction of sp³-hybridized carbons (Fsp3) is 0.536. The Balaban J connectivity index is 1.65. The highest BCUT2D eigenvalue weighted by atomic mass is 16.5. The van der Waals surface area contributed by atoms with E-state index < -0.39 is 0 Å². The maximum Gasteiger partial charge on any atom is 0.305 e. The molecule has 180 valence electrons. The fourth-order valence-corrected chi connectivity index (χ4v) is 3.60. The molecule has 0 radical (unpaired) electrons. The first-order valence-corrected chi connectivity index (χ1v) is 12.5. The average Bonchev–Trinajstić information content (AvgIpc) is 2.84. The van der Waals surface area contributed by atoms with Crippen LogP contribution in [0.3, 0.4) is 0 Å². The van der Waals surface area contributed by atoms with Crippen molar-refractivity contribution in [1.82, 2.24) is 9.97 Å². The second-order valence-corrected chi connectivity index (χ2v) is 8.53. The molecule has 0 bridgehead atoms. The molecule has 0 aliphatic heterocycles. The lowest BCUT2D eigenvalue weighted by molar-refractivity contribution is -0.148. The van der Waals surface area contributed by atoms with E-state index in [4.69, 9.17) is 9.47 Å². The van der Waals surface area contributed by atoms with E-state index in [9.17, 15) is 4.79 Å². The van der Waals surface area contributed by atoms with Crippen LogP contribution in [-0.4, -0.2) is 28.6 Å². The minimum absolute atomic E-state index is 0.0147. The number of nitrogens with zero attached hydrogens (tertiary/aromatic N) is 2. The highest BCUT2D eigenvalue weighted by Crippen LogP contribution is 2.19. The van der Waals surface area contributed by atoms with E-state index in [1.807, 2.05) is 19.9 Å². The summed E-state index contributed by atoms with van der Waals surface area (Å²) >= 11 is 0. The summed E-state index contributed by atoms with van der Waals surface area (Å²) in [5.74, 6) is 1.33. The molecule has 2 rings (SSSR count). The molecule has 1 heterocycles. The summed E-state index contributed by atoms with van der Waals surface area (Å²) in [6.45, 7) is 8.25. The van der Waals surface area contributed by atoms with Crippen molar-refractivity contribution in [3.8, 4) is 17.1 Å². The number of hydrogen-bond acceptors (Lipinski definition) is 5. The number of rotatable bonds is 17. The minimum Gasteiger partial charge on any atom is -0.490 e. The maximum absolute atomic E-state index is 11.3. The zero-order valence-electron chi connectivity index (χ0n) is 20.4. The minimum atomic E-state index is -0.112. The van der Waals surface area contributed by atoms with Gasteiger partial charge in [-0.15, -0.1) is 6.58 Å². The van der Waals surface area contributed by atoms with Gasteiger partial charge in [0.2, 0.25) is 0 Å². The number of carbonyl (C=O) groups is 1. The molecule has 0 aliphatic carbocycles. The quantitative estimate of drug-likeness (QED) is 0.145. The first-order chi connectivity index (χ1) is 16.1. The van der Waals surface area contributed by atoms with Gasteiger partial charge >= 0.3 is 5.97 Å².